The molecule has 106 valence electrons. The molecule has 5 nitrogen and oxygen atoms in total. The van der Waals surface area contributed by atoms with Crippen molar-refractivity contribution in [2.45, 2.75) is 44.7 Å². The average molecular weight is 257 g/mol. The molecule has 1 aliphatic rings. The average Bonchev–Trinajstić information content (AvgIpc) is 2.30. The summed E-state index contributed by atoms with van der Waals surface area (Å²) >= 11 is 0. The first-order valence-electron chi connectivity index (χ1n) is 6.63. The third kappa shape index (κ3) is 3.67. The largest absolute Gasteiger partial charge is 0.378 e. The fraction of sp³-hybridized carbons (Fsp3) is 0.923. The Morgan fingerprint density at radius 3 is 2.72 bits per heavy atom. The number of primary amides is 1. The van der Waals surface area contributed by atoms with Crippen LogP contribution in [0.2, 0.25) is 0 Å². The summed E-state index contributed by atoms with van der Waals surface area (Å²) in [6.45, 7) is 9.74. The van der Waals surface area contributed by atoms with Gasteiger partial charge in [0.15, 0.2) is 0 Å². The molecule has 0 aromatic heterocycles. The van der Waals surface area contributed by atoms with Crippen LogP contribution in [0.5, 0.6) is 0 Å². The summed E-state index contributed by atoms with van der Waals surface area (Å²) in [6, 6.07) is 0. The maximum absolute atomic E-state index is 11.4. The van der Waals surface area contributed by atoms with Crippen molar-refractivity contribution in [1.29, 1.82) is 0 Å². The molecule has 0 aromatic carbocycles. The minimum absolute atomic E-state index is 0.0843. The molecule has 1 rings (SSSR count). The molecule has 5 heteroatoms. The van der Waals surface area contributed by atoms with E-state index in [-0.39, 0.29) is 11.4 Å². The normalized spacial score (nSPS) is 23.6. The number of nitrogens with one attached hydrogen (secondary N) is 1. The summed E-state index contributed by atoms with van der Waals surface area (Å²) in [6.07, 6.45) is 1.70. The van der Waals surface area contributed by atoms with E-state index in [1.807, 2.05) is 6.92 Å². The van der Waals surface area contributed by atoms with Crippen LogP contribution in [-0.2, 0) is 9.53 Å². The van der Waals surface area contributed by atoms with Gasteiger partial charge in [0, 0.05) is 12.1 Å². The van der Waals surface area contributed by atoms with Crippen LogP contribution in [0, 0.1) is 0 Å². The third-order valence-corrected chi connectivity index (χ3v) is 4.02. The summed E-state index contributed by atoms with van der Waals surface area (Å²) in [5, 5.41) is 3.02. The molecule has 18 heavy (non-hydrogen) atoms. The molecule has 1 atom stereocenters. The van der Waals surface area contributed by atoms with Crippen molar-refractivity contribution in [3.8, 4) is 0 Å². The first kappa shape index (κ1) is 15.4. The number of ether oxygens (including phenoxy) is 1. The number of hydrogen-bond acceptors (Lipinski definition) is 4. The van der Waals surface area contributed by atoms with Gasteiger partial charge in [-0.15, -0.1) is 0 Å². The molecule has 1 saturated heterocycles. The molecule has 0 aliphatic carbocycles. The van der Waals surface area contributed by atoms with Crippen molar-refractivity contribution in [2.75, 3.05) is 33.4 Å². The monoisotopic (exact) mass is 257 g/mol. The standard InChI is InChI=1S/C13H27N3O2/c1-12(2)10-18-9-8-16(12)7-5-6-13(3,15-4)11(14)17/h15H,5-10H2,1-4H3,(H2,14,17). The lowest BCUT2D eigenvalue weighted by atomic mass is 9.94. The van der Waals surface area contributed by atoms with Crippen molar-refractivity contribution in [3.63, 3.8) is 0 Å². The Balaban J connectivity index is 2.43. The molecule has 0 saturated carbocycles. The predicted molar refractivity (Wildman–Crippen MR) is 72.4 cm³/mol. The van der Waals surface area contributed by atoms with Crippen molar-refractivity contribution >= 4 is 5.91 Å². The van der Waals surface area contributed by atoms with Crippen LogP contribution in [0.1, 0.15) is 33.6 Å². The van der Waals surface area contributed by atoms with Crippen LogP contribution in [0.4, 0.5) is 0 Å². The number of hydrogen-bond donors (Lipinski definition) is 2. The predicted octanol–water partition coefficient (Wildman–Crippen LogP) is 0.341. The number of nitrogens with zero attached hydrogens (tertiary/aromatic N) is 1. The first-order chi connectivity index (χ1) is 8.32. The summed E-state index contributed by atoms with van der Waals surface area (Å²) < 4.78 is 5.49. The Kier molecular flexibility index (Phi) is 5.13. The highest BCUT2D eigenvalue weighted by Crippen LogP contribution is 2.20. The second-order valence-electron chi connectivity index (χ2n) is 5.90. The van der Waals surface area contributed by atoms with Crippen molar-refractivity contribution in [1.82, 2.24) is 10.2 Å². The maximum Gasteiger partial charge on any atom is 0.237 e. The Morgan fingerprint density at radius 1 is 1.56 bits per heavy atom. The van der Waals surface area contributed by atoms with E-state index in [0.717, 1.165) is 39.1 Å². The summed E-state index contributed by atoms with van der Waals surface area (Å²) in [5.74, 6) is -0.286. The van der Waals surface area contributed by atoms with Crippen LogP contribution in [0.25, 0.3) is 0 Å². The van der Waals surface area contributed by atoms with E-state index in [1.54, 1.807) is 7.05 Å². The van der Waals surface area contributed by atoms with E-state index in [9.17, 15) is 4.79 Å². The van der Waals surface area contributed by atoms with Gasteiger partial charge in [-0.1, -0.05) is 0 Å². The zero-order valence-electron chi connectivity index (χ0n) is 12.1. The second kappa shape index (κ2) is 5.99. The summed E-state index contributed by atoms with van der Waals surface area (Å²) in [7, 11) is 1.78. The smallest absolute Gasteiger partial charge is 0.237 e. The van der Waals surface area contributed by atoms with Gasteiger partial charge in [0.1, 0.15) is 0 Å². The lowest BCUT2D eigenvalue weighted by molar-refractivity contribution is -0.124. The Labute approximate surface area is 110 Å². The molecule has 0 aromatic rings. The maximum atomic E-state index is 11.4. The highest BCUT2D eigenvalue weighted by molar-refractivity contribution is 5.84. The van der Waals surface area contributed by atoms with Gasteiger partial charge >= 0.3 is 0 Å². The van der Waals surface area contributed by atoms with Crippen molar-refractivity contribution < 1.29 is 9.53 Å². The van der Waals surface area contributed by atoms with E-state index in [1.165, 1.54) is 0 Å². The van der Waals surface area contributed by atoms with E-state index >= 15 is 0 Å². The summed E-state index contributed by atoms with van der Waals surface area (Å²) in [4.78, 5) is 13.8. The second-order valence-corrected chi connectivity index (χ2v) is 5.90. The van der Waals surface area contributed by atoms with Gasteiger partial charge in [-0.05, 0) is 47.2 Å². The molecule has 3 N–H and O–H groups in total. The van der Waals surface area contributed by atoms with Gasteiger partial charge in [-0.2, -0.15) is 0 Å². The molecular formula is C13H27N3O2. The van der Waals surface area contributed by atoms with Gasteiger partial charge < -0.3 is 15.8 Å². The van der Waals surface area contributed by atoms with Gasteiger partial charge in [0.2, 0.25) is 5.91 Å². The van der Waals surface area contributed by atoms with E-state index in [2.05, 4.69) is 24.1 Å². The molecular weight excluding hydrogens is 230 g/mol. The Bertz CT molecular complexity index is 294. The van der Waals surface area contributed by atoms with Gasteiger partial charge in [-0.25, -0.2) is 0 Å². The minimum Gasteiger partial charge on any atom is -0.378 e. The number of amides is 1. The number of rotatable bonds is 6. The highest BCUT2D eigenvalue weighted by atomic mass is 16.5. The van der Waals surface area contributed by atoms with Crippen LogP contribution >= 0.6 is 0 Å². The van der Waals surface area contributed by atoms with E-state index < -0.39 is 5.54 Å². The fourth-order valence-corrected chi connectivity index (χ4v) is 2.30. The first-order valence-corrected chi connectivity index (χ1v) is 6.63. The number of nitrogens with two attached hydrogens (primary N) is 1. The zero-order chi connectivity index (χ0) is 13.8. The fourth-order valence-electron chi connectivity index (χ4n) is 2.30. The molecule has 1 unspecified atom stereocenters. The SMILES string of the molecule is CNC(C)(CCCN1CCOCC1(C)C)C(N)=O. The molecule has 1 heterocycles. The number of carbonyl (C=O) groups excluding carboxylic acids is 1. The number of carbonyl (C=O) groups is 1. The van der Waals surface area contributed by atoms with Gasteiger partial charge in [-0.3, -0.25) is 9.69 Å². The molecule has 0 bridgehead atoms. The van der Waals surface area contributed by atoms with E-state index in [0.29, 0.717) is 0 Å². The van der Waals surface area contributed by atoms with E-state index in [4.69, 9.17) is 10.5 Å². The topological polar surface area (TPSA) is 67.6 Å². The van der Waals surface area contributed by atoms with Crippen molar-refractivity contribution in [3.05, 3.63) is 0 Å². The lowest BCUT2D eigenvalue weighted by Gasteiger charge is -2.42. The lowest BCUT2D eigenvalue weighted by Crippen LogP contribution is -2.54. The molecule has 1 fully saturated rings. The number of likely N-dealkylation sites (N-methyl/N-ethyl adjacent to an activating group) is 1. The zero-order valence-corrected chi connectivity index (χ0v) is 12.1. The quantitative estimate of drug-likeness (QED) is 0.720. The van der Waals surface area contributed by atoms with Crippen LogP contribution in [-0.4, -0.2) is 55.2 Å². The Hall–Kier alpha value is -0.650. The summed E-state index contributed by atoms with van der Waals surface area (Å²) in [5.41, 5.74) is 4.90. The number of morpholine rings is 1. The minimum atomic E-state index is -0.601. The van der Waals surface area contributed by atoms with Crippen molar-refractivity contribution in [2.24, 2.45) is 5.73 Å². The Morgan fingerprint density at radius 2 is 2.22 bits per heavy atom. The molecule has 0 radical (unpaired) electrons. The van der Waals surface area contributed by atoms with Gasteiger partial charge in [0.05, 0.1) is 18.8 Å². The highest BCUT2D eigenvalue weighted by Gasteiger charge is 2.32. The van der Waals surface area contributed by atoms with Crippen LogP contribution < -0.4 is 11.1 Å². The molecule has 1 aliphatic heterocycles. The molecule has 1 amide bonds. The third-order valence-electron chi connectivity index (χ3n) is 4.02. The van der Waals surface area contributed by atoms with Crippen LogP contribution in [0.15, 0.2) is 0 Å². The van der Waals surface area contributed by atoms with Gasteiger partial charge in [0.25, 0.3) is 0 Å². The van der Waals surface area contributed by atoms with Crippen LogP contribution in [0.3, 0.4) is 0 Å². The molecule has 0 spiro atoms.